The molecule has 0 radical (unpaired) electrons. The maximum atomic E-state index is 5.77. The minimum absolute atomic E-state index is 0.124. The summed E-state index contributed by atoms with van der Waals surface area (Å²) in [6.45, 7) is 0. The number of nitrogens with one attached hydrogen (secondary N) is 1. The molecular formula is C11H11ClN2S. The van der Waals surface area contributed by atoms with E-state index in [1.165, 1.54) is 5.56 Å². The molecule has 15 heavy (non-hydrogen) atoms. The van der Waals surface area contributed by atoms with Crippen LogP contribution < -0.4 is 5.32 Å². The molecule has 1 atom stereocenters. The van der Waals surface area contributed by atoms with Gasteiger partial charge in [-0.25, -0.2) is 4.99 Å². The van der Waals surface area contributed by atoms with Gasteiger partial charge in [0.15, 0.2) is 5.29 Å². The standard InChI is InChI=1S/C11H11ClN2S/c12-11-13-7-6-10(14-11)15-8-9-4-2-1-3-5-9/h1-7,10H,8H2,(H,13,14). The molecule has 1 aliphatic rings. The maximum absolute atomic E-state index is 5.77. The van der Waals surface area contributed by atoms with Gasteiger partial charge in [0.2, 0.25) is 0 Å². The van der Waals surface area contributed by atoms with Gasteiger partial charge in [-0.2, -0.15) is 0 Å². The Morgan fingerprint density at radius 1 is 1.33 bits per heavy atom. The van der Waals surface area contributed by atoms with Crippen LogP contribution in [-0.4, -0.2) is 10.7 Å². The van der Waals surface area contributed by atoms with Crippen molar-refractivity contribution in [2.24, 2.45) is 4.99 Å². The van der Waals surface area contributed by atoms with Crippen LogP contribution in [0, 0.1) is 0 Å². The molecule has 2 rings (SSSR count). The van der Waals surface area contributed by atoms with Gasteiger partial charge in [0.1, 0.15) is 5.37 Å². The van der Waals surface area contributed by atoms with Crippen LogP contribution in [0.3, 0.4) is 0 Å². The van der Waals surface area contributed by atoms with Gasteiger partial charge in [-0.3, -0.25) is 0 Å². The number of benzene rings is 1. The highest BCUT2D eigenvalue weighted by molar-refractivity contribution is 7.99. The molecule has 0 amide bonds. The van der Waals surface area contributed by atoms with Crippen LogP contribution in [0.5, 0.6) is 0 Å². The highest BCUT2D eigenvalue weighted by Crippen LogP contribution is 2.21. The molecule has 1 heterocycles. The van der Waals surface area contributed by atoms with Gasteiger partial charge < -0.3 is 5.32 Å². The molecule has 0 aliphatic carbocycles. The molecule has 1 aromatic rings. The van der Waals surface area contributed by atoms with Crippen LogP contribution >= 0.6 is 23.4 Å². The van der Waals surface area contributed by atoms with Gasteiger partial charge in [-0.1, -0.05) is 30.3 Å². The van der Waals surface area contributed by atoms with E-state index in [4.69, 9.17) is 11.6 Å². The summed E-state index contributed by atoms with van der Waals surface area (Å²) in [4.78, 5) is 4.24. The van der Waals surface area contributed by atoms with E-state index in [9.17, 15) is 0 Å². The fourth-order valence-corrected chi connectivity index (χ4v) is 2.39. The first-order valence-electron chi connectivity index (χ1n) is 4.66. The monoisotopic (exact) mass is 238 g/mol. The van der Waals surface area contributed by atoms with Crippen molar-refractivity contribution in [1.29, 1.82) is 0 Å². The molecule has 0 saturated carbocycles. The lowest BCUT2D eigenvalue weighted by Gasteiger charge is -2.12. The van der Waals surface area contributed by atoms with E-state index in [0.717, 1.165) is 5.75 Å². The quantitative estimate of drug-likeness (QED) is 0.819. The molecular weight excluding hydrogens is 228 g/mol. The van der Waals surface area contributed by atoms with E-state index >= 15 is 0 Å². The molecule has 1 unspecified atom stereocenters. The molecule has 1 N–H and O–H groups in total. The third kappa shape index (κ3) is 3.29. The number of amidine groups is 1. The first kappa shape index (κ1) is 10.6. The summed E-state index contributed by atoms with van der Waals surface area (Å²) in [5.74, 6) is 0.948. The second kappa shape index (κ2) is 5.24. The van der Waals surface area contributed by atoms with Crippen molar-refractivity contribution in [3.63, 3.8) is 0 Å². The Labute approximate surface area is 98.4 Å². The van der Waals surface area contributed by atoms with Gasteiger partial charge in [0.05, 0.1) is 0 Å². The summed E-state index contributed by atoms with van der Waals surface area (Å²) in [6, 6.07) is 10.3. The van der Waals surface area contributed by atoms with Crippen LogP contribution in [-0.2, 0) is 5.75 Å². The summed E-state index contributed by atoms with van der Waals surface area (Å²) in [7, 11) is 0. The van der Waals surface area contributed by atoms with E-state index in [0.29, 0.717) is 5.29 Å². The van der Waals surface area contributed by atoms with E-state index in [1.54, 1.807) is 11.8 Å². The Kier molecular flexibility index (Phi) is 3.69. The Bertz CT molecular complexity index is 375. The number of thioether (sulfide) groups is 1. The van der Waals surface area contributed by atoms with Gasteiger partial charge in [-0.05, 0) is 23.2 Å². The van der Waals surface area contributed by atoms with Gasteiger partial charge in [0, 0.05) is 12.0 Å². The van der Waals surface area contributed by atoms with E-state index < -0.39 is 0 Å². The lowest BCUT2D eigenvalue weighted by atomic mass is 10.2. The van der Waals surface area contributed by atoms with Crippen molar-refractivity contribution in [3.05, 3.63) is 48.2 Å². The predicted molar refractivity (Wildman–Crippen MR) is 67.1 cm³/mol. The average molecular weight is 239 g/mol. The molecule has 78 valence electrons. The third-order valence-electron chi connectivity index (χ3n) is 1.97. The van der Waals surface area contributed by atoms with Crippen molar-refractivity contribution in [2.75, 3.05) is 0 Å². The summed E-state index contributed by atoms with van der Waals surface area (Å²) in [6.07, 6.45) is 3.83. The third-order valence-corrected chi connectivity index (χ3v) is 3.28. The number of hydrogen-bond acceptors (Lipinski definition) is 3. The zero-order chi connectivity index (χ0) is 10.5. The van der Waals surface area contributed by atoms with Crippen LogP contribution in [0.4, 0.5) is 0 Å². The van der Waals surface area contributed by atoms with Crippen LogP contribution in [0.25, 0.3) is 0 Å². The second-order valence-corrected chi connectivity index (χ2v) is 4.57. The highest BCUT2D eigenvalue weighted by atomic mass is 35.5. The lowest BCUT2D eigenvalue weighted by Crippen LogP contribution is -2.18. The van der Waals surface area contributed by atoms with Crippen molar-refractivity contribution < 1.29 is 0 Å². The maximum Gasteiger partial charge on any atom is 0.196 e. The highest BCUT2D eigenvalue weighted by Gasteiger charge is 2.08. The van der Waals surface area contributed by atoms with Crippen LogP contribution in [0.1, 0.15) is 5.56 Å². The largest absolute Gasteiger partial charge is 0.337 e. The summed E-state index contributed by atoms with van der Waals surface area (Å²) >= 11 is 7.52. The Morgan fingerprint density at radius 3 is 2.87 bits per heavy atom. The minimum Gasteiger partial charge on any atom is -0.337 e. The summed E-state index contributed by atoms with van der Waals surface area (Å²) < 4.78 is 0. The number of nitrogens with zero attached hydrogens (tertiary/aromatic N) is 1. The Hall–Kier alpha value is -0.930. The molecule has 2 nitrogen and oxygen atoms in total. The Balaban J connectivity index is 1.89. The van der Waals surface area contributed by atoms with Crippen molar-refractivity contribution in [1.82, 2.24) is 5.32 Å². The summed E-state index contributed by atoms with van der Waals surface area (Å²) in [5.41, 5.74) is 1.31. The smallest absolute Gasteiger partial charge is 0.196 e. The van der Waals surface area contributed by atoms with Crippen LogP contribution in [0.15, 0.2) is 47.6 Å². The molecule has 0 bridgehead atoms. The first-order chi connectivity index (χ1) is 7.34. The van der Waals surface area contributed by atoms with Crippen molar-refractivity contribution >= 4 is 28.7 Å². The van der Waals surface area contributed by atoms with Gasteiger partial charge in [-0.15, -0.1) is 11.8 Å². The molecule has 0 saturated heterocycles. The minimum atomic E-state index is 0.124. The van der Waals surface area contributed by atoms with E-state index in [2.05, 4.69) is 22.4 Å². The SMILES string of the molecule is ClC1=NC(SCc2ccccc2)C=CN1. The van der Waals surface area contributed by atoms with Crippen LogP contribution in [0.2, 0.25) is 0 Å². The first-order valence-corrected chi connectivity index (χ1v) is 6.09. The number of hydrogen-bond donors (Lipinski definition) is 1. The Morgan fingerprint density at radius 2 is 2.13 bits per heavy atom. The number of rotatable bonds is 3. The fraction of sp³-hybridized carbons (Fsp3) is 0.182. The number of halogens is 1. The fourth-order valence-electron chi connectivity index (χ4n) is 1.24. The second-order valence-electron chi connectivity index (χ2n) is 3.11. The van der Waals surface area contributed by atoms with E-state index in [1.807, 2.05) is 30.5 Å². The molecule has 0 aromatic heterocycles. The van der Waals surface area contributed by atoms with Gasteiger partial charge >= 0.3 is 0 Å². The molecule has 1 aliphatic heterocycles. The average Bonchev–Trinajstić information content (AvgIpc) is 2.28. The molecule has 0 fully saturated rings. The van der Waals surface area contributed by atoms with Crippen molar-refractivity contribution in [2.45, 2.75) is 11.1 Å². The predicted octanol–water partition coefficient (Wildman–Crippen LogP) is 2.96. The summed E-state index contributed by atoms with van der Waals surface area (Å²) in [5, 5.41) is 3.42. The number of aliphatic imine (C=N–C) groups is 1. The molecule has 0 spiro atoms. The zero-order valence-corrected chi connectivity index (χ0v) is 9.63. The lowest BCUT2D eigenvalue weighted by molar-refractivity contribution is 1.07. The molecule has 1 aromatic carbocycles. The normalized spacial score (nSPS) is 19.5. The van der Waals surface area contributed by atoms with Crippen molar-refractivity contribution in [3.8, 4) is 0 Å². The zero-order valence-electron chi connectivity index (χ0n) is 8.06. The topological polar surface area (TPSA) is 24.4 Å². The van der Waals surface area contributed by atoms with Gasteiger partial charge in [0.25, 0.3) is 0 Å². The van der Waals surface area contributed by atoms with E-state index in [-0.39, 0.29) is 5.37 Å². The molecule has 4 heteroatoms.